The van der Waals surface area contributed by atoms with Gasteiger partial charge < -0.3 is 15.0 Å². The summed E-state index contributed by atoms with van der Waals surface area (Å²) >= 11 is 5.94. The lowest BCUT2D eigenvalue weighted by Gasteiger charge is -2.08. The quantitative estimate of drug-likeness (QED) is 0.625. The van der Waals surface area contributed by atoms with Crippen molar-refractivity contribution < 1.29 is 14.8 Å². The first-order chi connectivity index (χ1) is 9.97. The van der Waals surface area contributed by atoms with Crippen LogP contribution in [0.2, 0.25) is 5.02 Å². The summed E-state index contributed by atoms with van der Waals surface area (Å²) in [7, 11) is 0. The number of non-ortho nitro benzene ring substituents is 1. The Labute approximate surface area is 124 Å². The maximum atomic E-state index is 10.7. The molecule has 0 unspecified atom stereocenters. The van der Waals surface area contributed by atoms with Crippen molar-refractivity contribution in [2.45, 2.75) is 6.54 Å². The van der Waals surface area contributed by atoms with Gasteiger partial charge >= 0.3 is 5.97 Å². The molecule has 1 aromatic heterocycles. The normalized spacial score (nSPS) is 10.3. The van der Waals surface area contributed by atoms with Crippen LogP contribution >= 0.6 is 11.6 Å². The van der Waals surface area contributed by atoms with E-state index in [9.17, 15) is 14.9 Å². The fraction of sp³-hybridized carbons (Fsp3) is 0.167. The second-order valence-corrected chi connectivity index (χ2v) is 4.56. The zero-order valence-corrected chi connectivity index (χ0v) is 11.4. The third-order valence-corrected chi connectivity index (χ3v) is 3.01. The molecule has 21 heavy (non-hydrogen) atoms. The van der Waals surface area contributed by atoms with Gasteiger partial charge in [0.05, 0.1) is 22.0 Å². The monoisotopic (exact) mass is 310 g/mol. The van der Waals surface area contributed by atoms with Crippen LogP contribution in [0.5, 0.6) is 0 Å². The average Bonchev–Trinajstić information content (AvgIpc) is 2.89. The highest BCUT2D eigenvalue weighted by molar-refractivity contribution is 6.33. The van der Waals surface area contributed by atoms with Gasteiger partial charge in [0.1, 0.15) is 0 Å². The van der Waals surface area contributed by atoms with Gasteiger partial charge in [0.2, 0.25) is 0 Å². The molecule has 0 aliphatic heterocycles. The number of carboxylic acids is 1. The number of rotatable bonds is 6. The summed E-state index contributed by atoms with van der Waals surface area (Å²) in [5.41, 5.74) is 0.468. The number of carboxylic acid groups (broad SMARTS) is 1. The number of aromatic nitrogens is 2. The SMILES string of the molecule is O=C(O)c1cn(CCNc2ccc([N+](=O)[O-])cc2Cl)cn1. The summed E-state index contributed by atoms with van der Waals surface area (Å²) in [6, 6.07) is 4.15. The molecule has 8 nitrogen and oxygen atoms in total. The van der Waals surface area contributed by atoms with E-state index in [1.807, 2.05) is 0 Å². The summed E-state index contributed by atoms with van der Waals surface area (Å²) in [5.74, 6) is -1.08. The fourth-order valence-corrected chi connectivity index (χ4v) is 1.92. The van der Waals surface area contributed by atoms with Crippen molar-refractivity contribution in [3.63, 3.8) is 0 Å². The first-order valence-electron chi connectivity index (χ1n) is 5.90. The van der Waals surface area contributed by atoms with Gasteiger partial charge in [0.15, 0.2) is 5.69 Å². The van der Waals surface area contributed by atoms with E-state index < -0.39 is 10.9 Å². The van der Waals surface area contributed by atoms with E-state index in [2.05, 4.69) is 10.3 Å². The number of hydrogen-bond acceptors (Lipinski definition) is 5. The average molecular weight is 311 g/mol. The Bertz CT molecular complexity index is 686. The number of nitro benzene ring substituents is 1. The van der Waals surface area contributed by atoms with Crippen molar-refractivity contribution in [1.82, 2.24) is 9.55 Å². The molecule has 0 aliphatic carbocycles. The predicted molar refractivity (Wildman–Crippen MR) is 75.8 cm³/mol. The van der Waals surface area contributed by atoms with E-state index in [4.69, 9.17) is 16.7 Å². The minimum atomic E-state index is -1.08. The second-order valence-electron chi connectivity index (χ2n) is 4.15. The number of carbonyl (C=O) groups is 1. The molecule has 2 aromatic rings. The van der Waals surface area contributed by atoms with Crippen LogP contribution in [0, 0.1) is 10.1 Å². The van der Waals surface area contributed by atoms with Gasteiger partial charge in [-0.25, -0.2) is 9.78 Å². The van der Waals surface area contributed by atoms with E-state index in [1.54, 1.807) is 4.57 Å². The highest BCUT2D eigenvalue weighted by Crippen LogP contribution is 2.26. The molecule has 0 saturated heterocycles. The van der Waals surface area contributed by atoms with E-state index in [0.717, 1.165) is 0 Å². The number of benzene rings is 1. The lowest BCUT2D eigenvalue weighted by Crippen LogP contribution is -2.09. The molecular weight excluding hydrogens is 300 g/mol. The zero-order chi connectivity index (χ0) is 15.4. The standard InChI is InChI=1S/C12H11ClN4O4/c13-9-5-8(17(20)21)1-2-10(9)14-3-4-16-6-11(12(18)19)15-7-16/h1-2,5-7,14H,3-4H2,(H,18,19). The number of aromatic carboxylic acids is 1. The van der Waals surface area contributed by atoms with Crippen LogP contribution in [0.15, 0.2) is 30.7 Å². The molecule has 0 radical (unpaired) electrons. The van der Waals surface area contributed by atoms with Crippen molar-refractivity contribution in [3.8, 4) is 0 Å². The molecule has 0 amide bonds. The molecule has 9 heteroatoms. The highest BCUT2D eigenvalue weighted by atomic mass is 35.5. The molecule has 0 fully saturated rings. The van der Waals surface area contributed by atoms with Crippen LogP contribution in [0.4, 0.5) is 11.4 Å². The smallest absolute Gasteiger partial charge is 0.356 e. The number of nitrogens with zero attached hydrogens (tertiary/aromatic N) is 3. The summed E-state index contributed by atoms with van der Waals surface area (Å²) < 4.78 is 1.62. The van der Waals surface area contributed by atoms with Gasteiger partial charge in [-0.15, -0.1) is 0 Å². The Morgan fingerprint density at radius 1 is 1.52 bits per heavy atom. The molecule has 2 rings (SSSR count). The van der Waals surface area contributed by atoms with Gasteiger partial charge in [0.25, 0.3) is 5.69 Å². The molecule has 0 aliphatic rings. The van der Waals surface area contributed by atoms with Gasteiger partial charge in [-0.1, -0.05) is 11.6 Å². The van der Waals surface area contributed by atoms with Crippen molar-refractivity contribution >= 4 is 28.9 Å². The van der Waals surface area contributed by atoms with E-state index >= 15 is 0 Å². The first-order valence-corrected chi connectivity index (χ1v) is 6.28. The number of nitrogens with one attached hydrogen (secondary N) is 1. The maximum Gasteiger partial charge on any atom is 0.356 e. The van der Waals surface area contributed by atoms with Crippen LogP contribution in [-0.2, 0) is 6.54 Å². The predicted octanol–water partition coefficient (Wildman–Crippen LogP) is 2.25. The zero-order valence-electron chi connectivity index (χ0n) is 10.7. The highest BCUT2D eigenvalue weighted by Gasteiger charge is 2.09. The van der Waals surface area contributed by atoms with Crippen molar-refractivity contribution in [3.05, 3.63) is 51.6 Å². The summed E-state index contributed by atoms with van der Waals surface area (Å²) in [6.07, 6.45) is 2.84. The minimum absolute atomic E-state index is 0.0247. The third-order valence-electron chi connectivity index (χ3n) is 2.70. The van der Waals surface area contributed by atoms with E-state index in [0.29, 0.717) is 18.8 Å². The number of halogens is 1. The number of hydrogen-bond donors (Lipinski definition) is 2. The van der Waals surface area contributed by atoms with Crippen LogP contribution in [0.25, 0.3) is 0 Å². The Balaban J connectivity index is 1.93. The van der Waals surface area contributed by atoms with E-state index in [1.165, 1.54) is 30.7 Å². The van der Waals surface area contributed by atoms with Crippen LogP contribution in [0.1, 0.15) is 10.5 Å². The Kier molecular flexibility index (Phi) is 4.39. The Hall–Kier alpha value is -2.61. The maximum absolute atomic E-state index is 10.7. The Morgan fingerprint density at radius 2 is 2.29 bits per heavy atom. The van der Waals surface area contributed by atoms with Crippen molar-refractivity contribution in [1.29, 1.82) is 0 Å². The number of anilines is 1. The molecule has 1 heterocycles. The lowest BCUT2D eigenvalue weighted by atomic mass is 10.3. The number of nitro groups is 1. The summed E-state index contributed by atoms with van der Waals surface area (Å²) in [6.45, 7) is 0.945. The molecule has 110 valence electrons. The van der Waals surface area contributed by atoms with Gasteiger partial charge in [-0.3, -0.25) is 10.1 Å². The van der Waals surface area contributed by atoms with Crippen LogP contribution in [0.3, 0.4) is 0 Å². The summed E-state index contributed by atoms with van der Waals surface area (Å²) in [4.78, 5) is 24.5. The van der Waals surface area contributed by atoms with Crippen LogP contribution < -0.4 is 5.32 Å². The fourth-order valence-electron chi connectivity index (χ4n) is 1.67. The lowest BCUT2D eigenvalue weighted by molar-refractivity contribution is -0.384. The molecule has 0 bridgehead atoms. The van der Waals surface area contributed by atoms with Gasteiger partial charge in [-0.2, -0.15) is 0 Å². The minimum Gasteiger partial charge on any atom is -0.476 e. The topological polar surface area (TPSA) is 110 Å². The molecule has 1 aromatic carbocycles. The third kappa shape index (κ3) is 3.69. The molecular formula is C12H11ClN4O4. The molecule has 2 N–H and O–H groups in total. The van der Waals surface area contributed by atoms with E-state index in [-0.39, 0.29) is 16.4 Å². The van der Waals surface area contributed by atoms with Crippen molar-refractivity contribution in [2.75, 3.05) is 11.9 Å². The summed E-state index contributed by atoms with van der Waals surface area (Å²) in [5, 5.41) is 22.6. The largest absolute Gasteiger partial charge is 0.476 e. The molecule has 0 atom stereocenters. The van der Waals surface area contributed by atoms with Gasteiger partial charge in [-0.05, 0) is 6.07 Å². The first kappa shape index (κ1) is 14.8. The van der Waals surface area contributed by atoms with Crippen LogP contribution in [-0.4, -0.2) is 32.1 Å². The number of imidazole rings is 1. The Morgan fingerprint density at radius 3 is 2.86 bits per heavy atom. The molecule has 0 saturated carbocycles. The second kappa shape index (κ2) is 6.23. The van der Waals surface area contributed by atoms with Crippen molar-refractivity contribution in [2.24, 2.45) is 0 Å². The van der Waals surface area contributed by atoms with Gasteiger partial charge in [0, 0.05) is 31.4 Å². The molecule has 0 spiro atoms.